The van der Waals surface area contributed by atoms with Gasteiger partial charge in [-0.05, 0) is 0 Å². The van der Waals surface area contributed by atoms with Crippen LogP contribution in [0.5, 0.6) is 0 Å². The van der Waals surface area contributed by atoms with Crippen LogP contribution in [0.1, 0.15) is 0 Å². The van der Waals surface area contributed by atoms with E-state index >= 15 is 0 Å². The zero-order valence-corrected chi connectivity index (χ0v) is 9.93. The first kappa shape index (κ1) is 28.2. The van der Waals surface area contributed by atoms with Crippen LogP contribution in [0.15, 0.2) is 0 Å². The zero-order chi connectivity index (χ0) is 0. The Kier molecular flexibility index (Phi) is 118. The van der Waals surface area contributed by atoms with Gasteiger partial charge in [-0.3, -0.25) is 0 Å². The van der Waals surface area contributed by atoms with E-state index in [4.69, 9.17) is 0 Å². The number of halogens is 2. The second-order valence-electron chi connectivity index (χ2n) is 0. The topological polar surface area (TPSA) is 0 Å². The second-order valence-corrected chi connectivity index (χ2v) is 0. The number of hydrogen-bond donors (Lipinski definition) is 0. The van der Waals surface area contributed by atoms with Crippen LogP contribution in [-0.4, -0.2) is 0 Å². The number of rotatable bonds is 0. The predicted molar refractivity (Wildman–Crippen MR) is 0 cm³/mol. The monoisotopic (exact) mass is 204 g/mol. The molecule has 0 unspecified atom stereocenters. The van der Waals surface area contributed by atoms with Gasteiger partial charge in [-0.25, -0.2) is 0 Å². The molecule has 4 heteroatoms. The molecular formula is Br2Na2. The first-order valence-electron chi connectivity index (χ1n) is 0. The quantitative estimate of drug-likeness (QED) is 0.345. The van der Waals surface area contributed by atoms with E-state index in [9.17, 15) is 0 Å². The van der Waals surface area contributed by atoms with Gasteiger partial charge in [-0.15, -0.1) is 0 Å². The summed E-state index contributed by atoms with van der Waals surface area (Å²) in [5, 5.41) is 0. The molecule has 0 fully saturated rings. The SMILES string of the molecule is [Br-].[Br-].[Na+].[Na+]. The Bertz CT molecular complexity index is 4.00. The molecule has 0 N–H and O–H groups in total. The molecule has 0 saturated carbocycles. The summed E-state index contributed by atoms with van der Waals surface area (Å²) < 4.78 is 0. The number of hydrogen-bond acceptors (Lipinski definition) is 0. The van der Waals surface area contributed by atoms with Crippen LogP contribution < -0.4 is 93.1 Å². The van der Waals surface area contributed by atoms with Gasteiger partial charge in [0.15, 0.2) is 0 Å². The van der Waals surface area contributed by atoms with Gasteiger partial charge in [0.1, 0.15) is 0 Å². The third kappa shape index (κ3) is 8.88. The van der Waals surface area contributed by atoms with Gasteiger partial charge in [-0.2, -0.15) is 0 Å². The van der Waals surface area contributed by atoms with E-state index in [1.54, 1.807) is 0 Å². The average Bonchev–Trinajstić information content (AvgIpc) is 0. The van der Waals surface area contributed by atoms with Gasteiger partial charge >= 0.3 is 59.1 Å². The first-order chi connectivity index (χ1) is 0. The molecule has 0 aromatic rings. The van der Waals surface area contributed by atoms with Crippen LogP contribution >= 0.6 is 0 Å². The predicted octanol–water partition coefficient (Wildman–Crippen LogP) is -12.0. The Hall–Kier alpha value is 2.96. The van der Waals surface area contributed by atoms with Gasteiger partial charge in [0.05, 0.1) is 0 Å². The van der Waals surface area contributed by atoms with E-state index in [1.807, 2.05) is 0 Å². The molecule has 0 aliphatic heterocycles. The van der Waals surface area contributed by atoms with Gasteiger partial charge in [-0.1, -0.05) is 0 Å². The molecule has 0 saturated heterocycles. The van der Waals surface area contributed by atoms with Gasteiger partial charge in [0.2, 0.25) is 0 Å². The van der Waals surface area contributed by atoms with Crippen LogP contribution in [0, 0.1) is 0 Å². The normalized spacial score (nSPS) is 0. The minimum Gasteiger partial charge on any atom is -1.00 e. The van der Waals surface area contributed by atoms with Crippen molar-refractivity contribution >= 4 is 0 Å². The Balaban J connectivity index is 0. The van der Waals surface area contributed by atoms with E-state index in [0.717, 1.165) is 0 Å². The molecular weight excluding hydrogens is 206 g/mol. The second kappa shape index (κ2) is 16.7. The molecule has 0 aromatic carbocycles. The molecule has 0 amide bonds. The Morgan fingerprint density at radius 2 is 0.500 bits per heavy atom. The summed E-state index contributed by atoms with van der Waals surface area (Å²) in [7, 11) is 0. The van der Waals surface area contributed by atoms with E-state index in [0.29, 0.717) is 0 Å². The average molecular weight is 206 g/mol. The van der Waals surface area contributed by atoms with Crippen molar-refractivity contribution in [3.05, 3.63) is 0 Å². The van der Waals surface area contributed by atoms with Crippen molar-refractivity contribution < 1.29 is 93.1 Å². The van der Waals surface area contributed by atoms with Crippen molar-refractivity contribution in [2.24, 2.45) is 0 Å². The molecule has 0 radical (unpaired) electrons. The molecule has 0 aliphatic rings. The molecule has 0 heterocycles. The summed E-state index contributed by atoms with van der Waals surface area (Å²) in [6.45, 7) is 0. The maximum absolute atomic E-state index is 0. The Labute approximate surface area is 91.2 Å². The van der Waals surface area contributed by atoms with Crippen LogP contribution in [-0.2, 0) is 0 Å². The fraction of sp³-hybridized carbons (Fsp3) is 0. The van der Waals surface area contributed by atoms with Crippen molar-refractivity contribution in [3.8, 4) is 0 Å². The van der Waals surface area contributed by atoms with Crippen molar-refractivity contribution in [1.29, 1.82) is 0 Å². The minimum atomic E-state index is 0. The minimum absolute atomic E-state index is 0. The fourth-order valence-corrected chi connectivity index (χ4v) is 0. The van der Waals surface area contributed by atoms with Crippen LogP contribution in [0.25, 0.3) is 0 Å². The molecule has 0 aliphatic carbocycles. The maximum atomic E-state index is 0. The summed E-state index contributed by atoms with van der Waals surface area (Å²) >= 11 is 0. The van der Waals surface area contributed by atoms with Crippen molar-refractivity contribution in [1.82, 2.24) is 0 Å². The Morgan fingerprint density at radius 1 is 0.500 bits per heavy atom. The van der Waals surface area contributed by atoms with Crippen LogP contribution in [0.4, 0.5) is 0 Å². The van der Waals surface area contributed by atoms with Crippen LogP contribution in [0.3, 0.4) is 0 Å². The van der Waals surface area contributed by atoms with Crippen LogP contribution in [0.2, 0.25) is 0 Å². The maximum Gasteiger partial charge on any atom is 1.00 e. The smallest absolute Gasteiger partial charge is 1.00 e. The van der Waals surface area contributed by atoms with E-state index in [1.165, 1.54) is 0 Å². The zero-order valence-electron chi connectivity index (χ0n) is 2.76. The molecule has 4 heavy (non-hydrogen) atoms. The molecule has 0 aromatic heterocycles. The molecule has 0 bridgehead atoms. The molecule has 0 rings (SSSR count). The van der Waals surface area contributed by atoms with E-state index in [-0.39, 0.29) is 93.1 Å². The summed E-state index contributed by atoms with van der Waals surface area (Å²) in [4.78, 5) is 0. The summed E-state index contributed by atoms with van der Waals surface area (Å²) in [5.74, 6) is 0. The standard InChI is InChI=1S/2BrH.2Na/h2*1H;;/q;;2*+1/p-2. The fourth-order valence-electron chi connectivity index (χ4n) is 0. The van der Waals surface area contributed by atoms with Crippen molar-refractivity contribution in [3.63, 3.8) is 0 Å². The summed E-state index contributed by atoms with van der Waals surface area (Å²) in [5.41, 5.74) is 0. The van der Waals surface area contributed by atoms with Crippen molar-refractivity contribution in [2.75, 3.05) is 0 Å². The van der Waals surface area contributed by atoms with Gasteiger partial charge < -0.3 is 34.0 Å². The summed E-state index contributed by atoms with van der Waals surface area (Å²) in [6.07, 6.45) is 0. The van der Waals surface area contributed by atoms with Gasteiger partial charge in [0.25, 0.3) is 0 Å². The molecule has 0 atom stereocenters. The largest absolute Gasteiger partial charge is 1.00 e. The third-order valence-electron chi connectivity index (χ3n) is 0. The molecule has 0 spiro atoms. The van der Waals surface area contributed by atoms with E-state index in [2.05, 4.69) is 0 Å². The van der Waals surface area contributed by atoms with Gasteiger partial charge in [0, 0.05) is 0 Å². The van der Waals surface area contributed by atoms with E-state index < -0.39 is 0 Å². The summed E-state index contributed by atoms with van der Waals surface area (Å²) in [6, 6.07) is 0. The first-order valence-corrected chi connectivity index (χ1v) is 0. The third-order valence-corrected chi connectivity index (χ3v) is 0. The Morgan fingerprint density at radius 3 is 0.500 bits per heavy atom. The molecule has 0 nitrogen and oxygen atoms in total. The molecule has 16 valence electrons. The van der Waals surface area contributed by atoms with Crippen molar-refractivity contribution in [2.45, 2.75) is 0 Å².